The summed E-state index contributed by atoms with van der Waals surface area (Å²) in [5.74, 6) is -0.540. The van der Waals surface area contributed by atoms with Crippen molar-refractivity contribution in [2.75, 3.05) is 12.5 Å². The lowest BCUT2D eigenvalue weighted by Gasteiger charge is -2.37. The first-order chi connectivity index (χ1) is 18.8. The zero-order chi connectivity index (χ0) is 29.4. The number of hydrogen-bond donors (Lipinski definition) is 0. The van der Waals surface area contributed by atoms with E-state index in [2.05, 4.69) is 0 Å². The Bertz CT molecular complexity index is 1520. The lowest BCUT2D eigenvalue weighted by atomic mass is 10.0. The van der Waals surface area contributed by atoms with Crippen LogP contribution in [0, 0.1) is 0 Å². The van der Waals surface area contributed by atoms with Crippen molar-refractivity contribution in [2.24, 2.45) is 0 Å². The number of carbonyl (C=O) groups excluding carboxylic acids is 1. The highest BCUT2D eigenvalue weighted by Gasteiger charge is 2.51. The second-order valence-corrected chi connectivity index (χ2v) is 14.4. The third kappa shape index (κ3) is 8.92. The lowest BCUT2D eigenvalue weighted by molar-refractivity contribution is -0.129. The molecular weight excluding hydrogens is 604 g/mol. The van der Waals surface area contributed by atoms with Gasteiger partial charge in [-0.05, 0) is 17.2 Å². The molecule has 0 aliphatic heterocycles. The van der Waals surface area contributed by atoms with Crippen molar-refractivity contribution in [3.8, 4) is 5.75 Å². The van der Waals surface area contributed by atoms with Crippen LogP contribution in [0.1, 0.15) is 16.7 Å². The quantitative estimate of drug-likeness (QED) is 0.103. The Morgan fingerprint density at radius 1 is 0.725 bits per heavy atom. The highest BCUT2D eigenvalue weighted by molar-refractivity contribution is 7.86. The predicted molar refractivity (Wildman–Crippen MR) is 148 cm³/mol. The molecule has 0 N–H and O–H groups in total. The van der Waals surface area contributed by atoms with Gasteiger partial charge in [0.05, 0.1) is 31.3 Å². The SMILES string of the molecule is CS(=O)(=O)Oc1ccccc1C(C=O)(OS(C)(=O)=O)N([PH](=O)OCc1ccccc1)[PH](=O)OCc1ccccc1. The van der Waals surface area contributed by atoms with Gasteiger partial charge < -0.3 is 13.2 Å². The minimum Gasteiger partial charge on any atom is -0.382 e. The molecule has 0 aromatic heterocycles. The second kappa shape index (κ2) is 13.8. The van der Waals surface area contributed by atoms with Crippen LogP contribution in [0.25, 0.3) is 0 Å². The Morgan fingerprint density at radius 3 is 1.60 bits per heavy atom. The fourth-order valence-electron chi connectivity index (χ4n) is 3.48. The van der Waals surface area contributed by atoms with Crippen molar-refractivity contribution < 1.29 is 48.2 Å². The van der Waals surface area contributed by atoms with Gasteiger partial charge >= 0.3 is 10.1 Å². The Kier molecular flexibility index (Phi) is 11.0. The number of para-hydroxylation sites is 1. The zero-order valence-corrected chi connectivity index (χ0v) is 25.0. The van der Waals surface area contributed by atoms with Crippen molar-refractivity contribution in [1.82, 2.24) is 4.44 Å². The van der Waals surface area contributed by atoms with E-state index < -0.39 is 53.6 Å². The van der Waals surface area contributed by atoms with Crippen molar-refractivity contribution in [1.29, 1.82) is 0 Å². The van der Waals surface area contributed by atoms with Crippen molar-refractivity contribution >= 4 is 42.9 Å². The molecule has 0 saturated heterocycles. The van der Waals surface area contributed by atoms with Gasteiger partial charge in [0.25, 0.3) is 26.5 Å². The molecule has 3 rings (SSSR count). The summed E-state index contributed by atoms with van der Waals surface area (Å²) in [5.41, 5.74) is -2.38. The van der Waals surface area contributed by atoms with Gasteiger partial charge in [-0.15, -0.1) is 4.44 Å². The van der Waals surface area contributed by atoms with Gasteiger partial charge in [-0.3, -0.25) is 13.9 Å². The first-order valence-electron chi connectivity index (χ1n) is 11.4. The fraction of sp³-hybridized carbons (Fsp3) is 0.208. The van der Waals surface area contributed by atoms with Crippen LogP contribution in [0.15, 0.2) is 84.9 Å². The third-order valence-electron chi connectivity index (χ3n) is 5.06. The Balaban J connectivity index is 2.16. The summed E-state index contributed by atoms with van der Waals surface area (Å²) in [6.45, 7) is -0.559. The molecule has 3 atom stereocenters. The molecule has 3 unspecified atom stereocenters. The smallest absolute Gasteiger partial charge is 0.306 e. The largest absolute Gasteiger partial charge is 0.382 e. The van der Waals surface area contributed by atoms with Gasteiger partial charge in [0, 0.05) is 0 Å². The summed E-state index contributed by atoms with van der Waals surface area (Å²) >= 11 is 0. The van der Waals surface area contributed by atoms with E-state index in [9.17, 15) is 30.8 Å². The number of nitrogens with zero attached hydrogens (tertiary/aromatic N) is 1. The topological polar surface area (TPSA) is 160 Å². The third-order valence-corrected chi connectivity index (χ3v) is 9.37. The number of rotatable bonds is 15. The first-order valence-corrected chi connectivity index (χ1v) is 17.6. The van der Waals surface area contributed by atoms with E-state index in [1.807, 2.05) is 0 Å². The zero-order valence-electron chi connectivity index (χ0n) is 21.3. The molecule has 3 aromatic rings. The van der Waals surface area contributed by atoms with Crippen LogP contribution in [0.3, 0.4) is 0 Å². The molecule has 3 aromatic carbocycles. The number of carbonyl (C=O) groups is 1. The maximum absolute atomic E-state index is 13.7. The standard InChI is InChI=1S/C24H27NO11P2S2/c1-39(29,30)35-23-16-10-9-15-22(23)24(19-26,36-40(2,31)32)25(37(27)33-17-20-11-5-3-6-12-20)38(28)34-18-21-13-7-4-8-14-21/h3-16,19,37-38H,17-18H2,1-2H3. The maximum atomic E-state index is 13.7. The molecule has 16 heteroatoms. The van der Waals surface area contributed by atoms with Crippen molar-refractivity contribution in [3.05, 3.63) is 102 Å². The average Bonchev–Trinajstić information content (AvgIpc) is 2.90. The fourth-order valence-corrected chi connectivity index (χ4v) is 7.55. The summed E-state index contributed by atoms with van der Waals surface area (Å²) in [4.78, 5) is 12.8. The van der Waals surface area contributed by atoms with Crippen LogP contribution >= 0.6 is 16.4 Å². The summed E-state index contributed by atoms with van der Waals surface area (Å²) in [7, 11) is -16.4. The maximum Gasteiger partial charge on any atom is 0.306 e. The molecule has 0 radical (unpaired) electrons. The van der Waals surface area contributed by atoms with Crippen LogP contribution in [0.4, 0.5) is 0 Å². The Hall–Kier alpha value is -2.67. The summed E-state index contributed by atoms with van der Waals surface area (Å²) in [6, 6.07) is 21.8. The van der Waals surface area contributed by atoms with E-state index in [0.717, 1.165) is 18.4 Å². The molecule has 0 aliphatic rings. The second-order valence-electron chi connectivity index (χ2n) is 8.30. The van der Waals surface area contributed by atoms with Gasteiger partial charge in [-0.25, -0.2) is 4.18 Å². The Labute approximate surface area is 233 Å². The van der Waals surface area contributed by atoms with Crippen LogP contribution < -0.4 is 4.18 Å². The number of hydrogen-bond acceptors (Lipinski definition) is 11. The van der Waals surface area contributed by atoms with E-state index in [1.165, 1.54) is 12.1 Å². The van der Waals surface area contributed by atoms with Gasteiger partial charge in [-0.2, -0.15) is 16.8 Å². The van der Waals surface area contributed by atoms with Crippen LogP contribution in [0.5, 0.6) is 5.75 Å². The molecule has 0 bridgehead atoms. The van der Waals surface area contributed by atoms with E-state index >= 15 is 0 Å². The molecule has 0 aliphatic carbocycles. The highest BCUT2D eigenvalue weighted by atomic mass is 32.2. The molecule has 0 heterocycles. The first kappa shape index (κ1) is 31.9. The van der Waals surface area contributed by atoms with E-state index in [0.29, 0.717) is 21.8 Å². The summed E-state index contributed by atoms with van der Waals surface area (Å²) in [6.07, 6.45) is 1.24. The Morgan fingerprint density at radius 2 is 1.18 bits per heavy atom. The molecular formula is C24H27NO11P2S2. The number of aldehydes is 1. The monoisotopic (exact) mass is 631 g/mol. The normalized spacial score (nSPS) is 15.2. The minimum absolute atomic E-state index is 0.0819. The molecule has 0 fully saturated rings. The minimum atomic E-state index is -4.58. The van der Waals surface area contributed by atoms with Crippen molar-refractivity contribution in [3.63, 3.8) is 0 Å². The van der Waals surface area contributed by atoms with Crippen molar-refractivity contribution in [2.45, 2.75) is 18.9 Å². The van der Waals surface area contributed by atoms with Crippen LogP contribution in [-0.2, 0) is 66.3 Å². The molecule has 0 saturated carbocycles. The molecule has 0 amide bonds. The summed E-state index contributed by atoms with van der Waals surface area (Å²) < 4.78 is 97.7. The van der Waals surface area contributed by atoms with Gasteiger partial charge in [0.1, 0.15) is 0 Å². The van der Waals surface area contributed by atoms with E-state index in [4.69, 9.17) is 17.4 Å². The predicted octanol–water partition coefficient (Wildman–Crippen LogP) is 3.87. The number of benzene rings is 3. The molecule has 0 spiro atoms. The summed E-state index contributed by atoms with van der Waals surface area (Å²) in [5, 5.41) is 0. The lowest BCUT2D eigenvalue weighted by Crippen LogP contribution is -2.45. The van der Waals surface area contributed by atoms with Crippen LogP contribution in [0.2, 0.25) is 0 Å². The van der Waals surface area contributed by atoms with Gasteiger partial charge in [-0.1, -0.05) is 78.9 Å². The van der Waals surface area contributed by atoms with E-state index in [1.54, 1.807) is 60.7 Å². The van der Waals surface area contributed by atoms with Gasteiger partial charge in [0.2, 0.25) is 5.72 Å². The van der Waals surface area contributed by atoms with Crippen LogP contribution in [-0.4, -0.2) is 40.1 Å². The molecule has 12 nitrogen and oxygen atoms in total. The molecule has 216 valence electrons. The molecule has 40 heavy (non-hydrogen) atoms. The van der Waals surface area contributed by atoms with E-state index in [-0.39, 0.29) is 19.5 Å². The van der Waals surface area contributed by atoms with Gasteiger partial charge in [0.15, 0.2) is 12.0 Å². The highest BCUT2D eigenvalue weighted by Crippen LogP contribution is 2.55. The average molecular weight is 632 g/mol.